The monoisotopic (exact) mass is 194 g/mol. The molecular formula is C13H8NO. The van der Waals surface area contributed by atoms with E-state index in [1.807, 2.05) is 48.5 Å². The molecule has 0 aliphatic carbocycles. The Morgan fingerprint density at radius 3 is 2.53 bits per heavy atom. The highest BCUT2D eigenvalue weighted by Crippen LogP contribution is 1.92. The molecule has 1 aliphatic rings. The molecule has 1 heterocycles. The molecule has 3 rings (SSSR count). The van der Waals surface area contributed by atoms with Crippen molar-refractivity contribution >= 4 is 6.26 Å². The Kier molecular flexibility index (Phi) is 1.78. The summed E-state index contributed by atoms with van der Waals surface area (Å²) in [6.45, 7) is 0. The SMILES string of the molecule is [C]1=c2ccccc2=c2ccccc2=NO1. The van der Waals surface area contributed by atoms with Gasteiger partial charge in [-0.05, 0) is 11.3 Å². The molecule has 0 saturated carbocycles. The fourth-order valence-electron chi connectivity index (χ4n) is 1.71. The minimum absolute atomic E-state index is 0.843. The smallest absolute Gasteiger partial charge is 0.211 e. The third kappa shape index (κ3) is 1.31. The molecule has 0 saturated heterocycles. The average Bonchev–Trinajstić information content (AvgIpc) is 2.48. The number of nitrogens with zero attached hydrogens (tertiary/aromatic N) is 1. The lowest BCUT2D eigenvalue weighted by molar-refractivity contribution is 0.301. The number of hydrogen-bond acceptors (Lipinski definition) is 2. The molecular weight excluding hydrogens is 186 g/mol. The van der Waals surface area contributed by atoms with E-state index in [0.717, 1.165) is 21.0 Å². The first-order valence-corrected chi connectivity index (χ1v) is 4.77. The molecule has 2 aromatic carbocycles. The van der Waals surface area contributed by atoms with Gasteiger partial charge in [-0.3, -0.25) is 0 Å². The highest BCUT2D eigenvalue weighted by Gasteiger charge is 1.94. The van der Waals surface area contributed by atoms with Gasteiger partial charge < -0.3 is 4.84 Å². The molecule has 1 radical (unpaired) electrons. The maximum atomic E-state index is 5.02. The Hall–Kier alpha value is -2.09. The molecule has 2 nitrogen and oxygen atoms in total. The van der Waals surface area contributed by atoms with Gasteiger partial charge >= 0.3 is 0 Å². The summed E-state index contributed by atoms with van der Waals surface area (Å²) in [6, 6.07) is 15.9. The summed E-state index contributed by atoms with van der Waals surface area (Å²) in [4.78, 5) is 5.02. The Morgan fingerprint density at radius 1 is 0.867 bits per heavy atom. The van der Waals surface area contributed by atoms with Crippen LogP contribution in [0.1, 0.15) is 0 Å². The highest BCUT2D eigenvalue weighted by molar-refractivity contribution is 5.23. The van der Waals surface area contributed by atoms with Crippen molar-refractivity contribution in [3.63, 3.8) is 0 Å². The van der Waals surface area contributed by atoms with Crippen molar-refractivity contribution in [2.75, 3.05) is 0 Å². The van der Waals surface area contributed by atoms with Crippen LogP contribution in [-0.4, -0.2) is 0 Å². The van der Waals surface area contributed by atoms with Crippen molar-refractivity contribution in [3.8, 4) is 0 Å². The summed E-state index contributed by atoms with van der Waals surface area (Å²) in [5, 5.41) is 7.96. The second-order valence-corrected chi connectivity index (χ2v) is 3.35. The molecule has 2 aromatic rings. The Morgan fingerprint density at radius 2 is 1.60 bits per heavy atom. The molecule has 0 spiro atoms. The number of fused-ring (bicyclic) bond motifs is 2. The molecule has 0 amide bonds. The van der Waals surface area contributed by atoms with E-state index in [1.54, 1.807) is 0 Å². The predicted octanol–water partition coefficient (Wildman–Crippen LogP) is 1.15. The molecule has 1 aliphatic heterocycles. The Balaban J connectivity index is 2.73. The summed E-state index contributed by atoms with van der Waals surface area (Å²) in [6.07, 6.45) is 2.81. The Bertz CT molecular complexity index is 642. The van der Waals surface area contributed by atoms with Crippen LogP contribution in [0.5, 0.6) is 0 Å². The minimum atomic E-state index is 0.843. The lowest BCUT2D eigenvalue weighted by atomic mass is 10.2. The minimum Gasteiger partial charge on any atom is -0.352 e. The van der Waals surface area contributed by atoms with E-state index in [4.69, 9.17) is 4.84 Å². The third-order valence-corrected chi connectivity index (χ3v) is 2.42. The predicted molar refractivity (Wildman–Crippen MR) is 55.8 cm³/mol. The van der Waals surface area contributed by atoms with Crippen LogP contribution < -0.4 is 10.6 Å². The van der Waals surface area contributed by atoms with Gasteiger partial charge in [0, 0.05) is 10.4 Å². The van der Waals surface area contributed by atoms with Gasteiger partial charge in [-0.1, -0.05) is 47.6 Å². The van der Waals surface area contributed by atoms with Crippen molar-refractivity contribution in [1.29, 1.82) is 0 Å². The van der Waals surface area contributed by atoms with E-state index in [0.29, 0.717) is 0 Å². The van der Waals surface area contributed by atoms with Gasteiger partial charge in [0.2, 0.25) is 6.26 Å². The molecule has 15 heavy (non-hydrogen) atoms. The van der Waals surface area contributed by atoms with Crippen LogP contribution in [0.15, 0.2) is 53.7 Å². The van der Waals surface area contributed by atoms with Gasteiger partial charge in [-0.2, -0.15) is 0 Å². The maximum absolute atomic E-state index is 5.02. The van der Waals surface area contributed by atoms with E-state index in [-0.39, 0.29) is 0 Å². The van der Waals surface area contributed by atoms with E-state index >= 15 is 0 Å². The van der Waals surface area contributed by atoms with E-state index in [9.17, 15) is 0 Å². The van der Waals surface area contributed by atoms with Crippen LogP contribution in [0.3, 0.4) is 0 Å². The van der Waals surface area contributed by atoms with Crippen LogP contribution in [0, 0.1) is 10.4 Å². The first-order chi connectivity index (χ1) is 7.45. The molecule has 0 aromatic heterocycles. The largest absolute Gasteiger partial charge is 0.352 e. The number of hydrogen-bond donors (Lipinski definition) is 0. The van der Waals surface area contributed by atoms with Gasteiger partial charge in [0.25, 0.3) is 0 Å². The summed E-state index contributed by atoms with van der Waals surface area (Å²) in [5.41, 5.74) is 0. The fourth-order valence-corrected chi connectivity index (χ4v) is 1.71. The second kappa shape index (κ2) is 3.24. The van der Waals surface area contributed by atoms with Crippen LogP contribution in [0.4, 0.5) is 0 Å². The molecule has 0 unspecified atom stereocenters. The number of rotatable bonds is 0. The molecule has 0 N–H and O–H groups in total. The highest BCUT2D eigenvalue weighted by atomic mass is 16.6. The lowest BCUT2D eigenvalue weighted by Gasteiger charge is -1.87. The second-order valence-electron chi connectivity index (χ2n) is 3.35. The van der Waals surface area contributed by atoms with Gasteiger partial charge in [-0.15, -0.1) is 0 Å². The van der Waals surface area contributed by atoms with Crippen molar-refractivity contribution in [2.24, 2.45) is 5.16 Å². The van der Waals surface area contributed by atoms with Crippen LogP contribution >= 0.6 is 0 Å². The topological polar surface area (TPSA) is 21.6 Å². The van der Waals surface area contributed by atoms with Crippen molar-refractivity contribution in [2.45, 2.75) is 0 Å². The molecule has 71 valence electrons. The van der Waals surface area contributed by atoms with Crippen LogP contribution in [0.25, 0.3) is 6.26 Å². The molecule has 0 atom stereocenters. The summed E-state index contributed by atoms with van der Waals surface area (Å²) < 4.78 is 0. The summed E-state index contributed by atoms with van der Waals surface area (Å²) in [5.74, 6) is 0. The van der Waals surface area contributed by atoms with Gasteiger partial charge in [-0.25, -0.2) is 0 Å². The zero-order valence-corrected chi connectivity index (χ0v) is 7.97. The molecule has 0 fully saturated rings. The van der Waals surface area contributed by atoms with E-state index in [1.165, 1.54) is 0 Å². The zero-order chi connectivity index (χ0) is 10.1. The zero-order valence-electron chi connectivity index (χ0n) is 7.97. The lowest BCUT2D eigenvalue weighted by Crippen LogP contribution is -2.06. The summed E-state index contributed by atoms with van der Waals surface area (Å²) >= 11 is 0. The van der Waals surface area contributed by atoms with Gasteiger partial charge in [0.05, 0.1) is 0 Å². The van der Waals surface area contributed by atoms with Crippen molar-refractivity contribution in [1.82, 2.24) is 0 Å². The number of benzene rings is 2. The first-order valence-electron chi connectivity index (χ1n) is 4.77. The normalized spacial score (nSPS) is 12.3. The average molecular weight is 194 g/mol. The first kappa shape index (κ1) is 8.24. The molecule has 0 bridgehead atoms. The van der Waals surface area contributed by atoms with Gasteiger partial charge in [0.1, 0.15) is 5.36 Å². The van der Waals surface area contributed by atoms with Gasteiger partial charge in [0.15, 0.2) is 0 Å². The Labute approximate surface area is 86.4 Å². The van der Waals surface area contributed by atoms with Crippen LogP contribution in [0.2, 0.25) is 0 Å². The fraction of sp³-hybridized carbons (Fsp3) is 0. The van der Waals surface area contributed by atoms with Crippen molar-refractivity contribution in [3.05, 3.63) is 69.5 Å². The quantitative estimate of drug-likeness (QED) is 0.616. The summed E-state index contributed by atoms with van der Waals surface area (Å²) in [7, 11) is 0. The van der Waals surface area contributed by atoms with Crippen LogP contribution in [-0.2, 0) is 4.84 Å². The van der Waals surface area contributed by atoms with E-state index in [2.05, 4.69) is 11.4 Å². The maximum Gasteiger partial charge on any atom is 0.211 e. The standard InChI is InChI=1S/C13H8NO/c1-2-6-11-10(5-1)9-15-14-13-8-4-3-7-12(11)13/h1-8H. The van der Waals surface area contributed by atoms with Crippen molar-refractivity contribution < 1.29 is 4.84 Å². The third-order valence-electron chi connectivity index (χ3n) is 2.42. The molecule has 2 heteroatoms. The van der Waals surface area contributed by atoms with E-state index < -0.39 is 0 Å².